The second kappa shape index (κ2) is 5.95. The lowest BCUT2D eigenvalue weighted by Gasteiger charge is -2.05. The highest BCUT2D eigenvalue weighted by Crippen LogP contribution is 2.19. The molecule has 17 heavy (non-hydrogen) atoms. The van der Waals surface area contributed by atoms with Crippen molar-refractivity contribution in [2.75, 3.05) is 6.26 Å². The number of rotatable bonds is 4. The maximum Gasteiger partial charge on any atom is 0.325 e. The second-order valence-electron chi connectivity index (χ2n) is 4.10. The second-order valence-corrected chi connectivity index (χ2v) is 5.66. The van der Waals surface area contributed by atoms with Gasteiger partial charge in [-0.1, -0.05) is 17.7 Å². The van der Waals surface area contributed by atoms with Crippen molar-refractivity contribution in [3.05, 3.63) is 11.6 Å². The zero-order chi connectivity index (χ0) is 12.9. The van der Waals surface area contributed by atoms with Gasteiger partial charge in [0, 0.05) is 6.92 Å². The Balaban J connectivity index is 2.92. The Kier molecular flexibility index (Phi) is 4.86. The Labute approximate surface area is 102 Å². The van der Waals surface area contributed by atoms with Gasteiger partial charge < -0.3 is 0 Å². The molecule has 0 aromatic carbocycles. The van der Waals surface area contributed by atoms with Crippen molar-refractivity contribution in [1.29, 1.82) is 0 Å². The minimum Gasteiger partial charge on any atom is -0.293 e. The summed E-state index contributed by atoms with van der Waals surface area (Å²) in [6.45, 7) is 1.36. The van der Waals surface area contributed by atoms with E-state index in [1.165, 1.54) is 6.92 Å². The molecule has 0 saturated carbocycles. The average molecular weight is 259 g/mol. The fourth-order valence-corrected chi connectivity index (χ4v) is 1.89. The van der Waals surface area contributed by atoms with Gasteiger partial charge >= 0.3 is 10.1 Å². The van der Waals surface area contributed by atoms with E-state index in [1.807, 2.05) is 6.08 Å². The predicted octanol–water partition coefficient (Wildman–Crippen LogP) is 1.80. The third kappa shape index (κ3) is 5.12. The van der Waals surface area contributed by atoms with E-state index in [0.29, 0.717) is 0 Å². The predicted molar refractivity (Wildman–Crippen MR) is 65.2 cm³/mol. The SMILES string of the molecule is CC(=O)C(=NOS(C)(=O)=O)C1=CCCCCC1. The summed E-state index contributed by atoms with van der Waals surface area (Å²) in [5.41, 5.74) is 0.913. The van der Waals surface area contributed by atoms with Gasteiger partial charge in [-0.2, -0.15) is 8.42 Å². The molecule has 1 rings (SSSR count). The van der Waals surface area contributed by atoms with Gasteiger partial charge in [-0.3, -0.25) is 9.08 Å². The Morgan fingerprint density at radius 1 is 1.35 bits per heavy atom. The van der Waals surface area contributed by atoms with Crippen LogP contribution in [0.15, 0.2) is 16.8 Å². The monoisotopic (exact) mass is 259 g/mol. The standard InChI is InChI=1S/C11H17NO4S/c1-9(13)11(12-16-17(2,14)15)10-7-5-3-4-6-8-10/h7H,3-6,8H2,1-2H3. The Morgan fingerprint density at radius 2 is 2.06 bits per heavy atom. The fraction of sp³-hybridized carbons (Fsp3) is 0.636. The van der Waals surface area contributed by atoms with Crippen molar-refractivity contribution in [1.82, 2.24) is 0 Å². The number of nitrogens with zero attached hydrogens (tertiary/aromatic N) is 1. The molecule has 1 aliphatic rings. The average Bonchev–Trinajstić information content (AvgIpc) is 2.44. The van der Waals surface area contributed by atoms with Gasteiger partial charge in [0.25, 0.3) is 0 Å². The summed E-state index contributed by atoms with van der Waals surface area (Å²) in [6.07, 6.45) is 7.65. The van der Waals surface area contributed by atoms with Gasteiger partial charge in [-0.25, -0.2) is 0 Å². The molecule has 0 atom stereocenters. The molecule has 6 heteroatoms. The molecule has 0 saturated heterocycles. The van der Waals surface area contributed by atoms with E-state index >= 15 is 0 Å². The number of ketones is 1. The van der Waals surface area contributed by atoms with Crippen LogP contribution in [0.3, 0.4) is 0 Å². The summed E-state index contributed by atoms with van der Waals surface area (Å²) in [6, 6.07) is 0. The normalized spacial score (nSPS) is 18.2. The van der Waals surface area contributed by atoms with Crippen LogP contribution in [0.2, 0.25) is 0 Å². The maximum atomic E-state index is 11.4. The minimum atomic E-state index is -3.67. The van der Waals surface area contributed by atoms with Crippen LogP contribution < -0.4 is 0 Å². The first-order chi connectivity index (χ1) is 7.90. The number of allylic oxidation sites excluding steroid dienone is 2. The molecule has 0 aromatic rings. The molecule has 96 valence electrons. The van der Waals surface area contributed by atoms with Crippen molar-refractivity contribution >= 4 is 21.6 Å². The van der Waals surface area contributed by atoms with Crippen molar-refractivity contribution in [3.8, 4) is 0 Å². The Morgan fingerprint density at radius 3 is 2.65 bits per heavy atom. The molecule has 0 spiro atoms. The highest BCUT2D eigenvalue weighted by Gasteiger charge is 2.16. The molecule has 0 bridgehead atoms. The molecule has 0 N–H and O–H groups in total. The number of oxime groups is 1. The van der Waals surface area contributed by atoms with E-state index in [-0.39, 0.29) is 11.5 Å². The number of carbonyl (C=O) groups excluding carboxylic acids is 1. The first-order valence-electron chi connectivity index (χ1n) is 5.57. The first-order valence-corrected chi connectivity index (χ1v) is 7.39. The van der Waals surface area contributed by atoms with E-state index < -0.39 is 10.1 Å². The molecular weight excluding hydrogens is 242 g/mol. The topological polar surface area (TPSA) is 72.8 Å². The van der Waals surface area contributed by atoms with Gasteiger partial charge in [0.1, 0.15) is 5.71 Å². The van der Waals surface area contributed by atoms with Crippen molar-refractivity contribution in [2.24, 2.45) is 5.16 Å². The van der Waals surface area contributed by atoms with Crippen LogP contribution in [-0.4, -0.2) is 26.2 Å². The highest BCUT2D eigenvalue weighted by atomic mass is 32.2. The van der Waals surface area contributed by atoms with Gasteiger partial charge in [-0.15, -0.1) is 0 Å². The van der Waals surface area contributed by atoms with E-state index in [1.54, 1.807) is 0 Å². The Bertz CT molecular complexity index is 448. The van der Waals surface area contributed by atoms with Crippen molar-refractivity contribution < 1.29 is 17.5 Å². The summed E-state index contributed by atoms with van der Waals surface area (Å²) in [7, 11) is -3.67. The zero-order valence-corrected chi connectivity index (χ0v) is 10.9. The third-order valence-electron chi connectivity index (χ3n) is 2.44. The molecule has 0 aromatic heterocycles. The van der Waals surface area contributed by atoms with E-state index in [9.17, 15) is 13.2 Å². The van der Waals surface area contributed by atoms with Gasteiger partial charge in [0.2, 0.25) is 0 Å². The van der Waals surface area contributed by atoms with Crippen molar-refractivity contribution in [2.45, 2.75) is 39.0 Å². The van der Waals surface area contributed by atoms with E-state index in [4.69, 9.17) is 0 Å². The third-order valence-corrected chi connectivity index (χ3v) is 2.79. The fourth-order valence-electron chi connectivity index (χ4n) is 1.68. The molecule has 1 aliphatic carbocycles. The maximum absolute atomic E-state index is 11.4. The number of hydrogen-bond acceptors (Lipinski definition) is 5. The lowest BCUT2D eigenvalue weighted by molar-refractivity contribution is -0.111. The lowest BCUT2D eigenvalue weighted by atomic mass is 10.0. The summed E-state index contributed by atoms with van der Waals surface area (Å²) in [4.78, 5) is 11.4. The summed E-state index contributed by atoms with van der Waals surface area (Å²) in [5.74, 6) is -0.276. The smallest absolute Gasteiger partial charge is 0.293 e. The zero-order valence-electron chi connectivity index (χ0n) is 10.1. The number of Topliss-reactive ketones (excluding diaryl/α,β-unsaturated/α-hetero) is 1. The first kappa shape index (κ1) is 13.9. The summed E-state index contributed by atoms with van der Waals surface area (Å²) >= 11 is 0. The minimum absolute atomic E-state index is 0.123. The van der Waals surface area contributed by atoms with Gasteiger partial charge in [0.05, 0.1) is 6.26 Å². The molecule has 0 amide bonds. The number of hydrogen-bond donors (Lipinski definition) is 0. The molecule has 5 nitrogen and oxygen atoms in total. The van der Waals surface area contributed by atoms with Crippen LogP contribution in [-0.2, 0) is 19.2 Å². The highest BCUT2D eigenvalue weighted by molar-refractivity contribution is 7.85. The van der Waals surface area contributed by atoms with Crippen LogP contribution in [0, 0.1) is 0 Å². The lowest BCUT2D eigenvalue weighted by Crippen LogP contribution is -2.15. The summed E-state index contributed by atoms with van der Waals surface area (Å²) in [5, 5.41) is 3.47. The summed E-state index contributed by atoms with van der Waals surface area (Å²) < 4.78 is 26.0. The largest absolute Gasteiger partial charge is 0.325 e. The Hall–Kier alpha value is -1.17. The molecule has 0 fully saturated rings. The molecule has 0 unspecified atom stereocenters. The number of carbonyl (C=O) groups is 1. The van der Waals surface area contributed by atoms with Crippen LogP contribution in [0.4, 0.5) is 0 Å². The quantitative estimate of drug-likeness (QED) is 0.570. The van der Waals surface area contributed by atoms with Crippen LogP contribution >= 0.6 is 0 Å². The molecular formula is C11H17NO4S. The molecule has 0 radical (unpaired) electrons. The van der Waals surface area contributed by atoms with Crippen LogP contribution in [0.25, 0.3) is 0 Å². The molecule has 0 aliphatic heterocycles. The molecule has 0 heterocycles. The van der Waals surface area contributed by atoms with Crippen LogP contribution in [0.5, 0.6) is 0 Å². The van der Waals surface area contributed by atoms with E-state index in [0.717, 1.165) is 43.9 Å². The van der Waals surface area contributed by atoms with Crippen LogP contribution in [0.1, 0.15) is 39.0 Å². The van der Waals surface area contributed by atoms with Gasteiger partial charge in [-0.05, 0) is 31.3 Å². The van der Waals surface area contributed by atoms with E-state index in [2.05, 4.69) is 9.44 Å². The van der Waals surface area contributed by atoms with Gasteiger partial charge in [0.15, 0.2) is 5.78 Å². The van der Waals surface area contributed by atoms with Crippen molar-refractivity contribution in [3.63, 3.8) is 0 Å².